The van der Waals surface area contributed by atoms with E-state index >= 15 is 0 Å². The van der Waals surface area contributed by atoms with Crippen LogP contribution in [0.4, 0.5) is 5.69 Å². The molecule has 0 atom stereocenters. The number of nitrogens with two attached hydrogens (primary N) is 1. The summed E-state index contributed by atoms with van der Waals surface area (Å²) in [6.07, 6.45) is 0.811. The van der Waals surface area contributed by atoms with Gasteiger partial charge in [0.25, 0.3) is 0 Å². The van der Waals surface area contributed by atoms with E-state index in [0.29, 0.717) is 24.8 Å². The highest BCUT2D eigenvalue weighted by atomic mass is 35.5. The lowest BCUT2D eigenvalue weighted by Gasteiger charge is -2.08. The van der Waals surface area contributed by atoms with Crippen molar-refractivity contribution in [2.75, 3.05) is 39.3 Å². The van der Waals surface area contributed by atoms with E-state index in [9.17, 15) is 4.79 Å². The minimum atomic E-state index is -0.500. The van der Waals surface area contributed by atoms with Crippen molar-refractivity contribution >= 4 is 23.3 Å². The molecule has 2 N–H and O–H groups in total. The molecule has 0 fully saturated rings. The predicted molar refractivity (Wildman–Crippen MR) is 73.5 cm³/mol. The fourth-order valence-corrected chi connectivity index (χ4v) is 1.57. The Morgan fingerprint density at radius 3 is 2.79 bits per heavy atom. The zero-order valence-electron chi connectivity index (χ0n) is 10.9. The van der Waals surface area contributed by atoms with Crippen LogP contribution in [0.2, 0.25) is 5.02 Å². The number of methoxy groups -OCH3 is 1. The summed E-state index contributed by atoms with van der Waals surface area (Å²) in [7, 11) is 1.64. The number of esters is 1. The van der Waals surface area contributed by atoms with Gasteiger partial charge in [0, 0.05) is 20.3 Å². The van der Waals surface area contributed by atoms with Gasteiger partial charge in [0.05, 0.1) is 22.9 Å². The maximum Gasteiger partial charge on any atom is 0.340 e. The molecule has 0 aliphatic rings. The molecular weight excluding hydrogens is 270 g/mol. The van der Waals surface area contributed by atoms with Gasteiger partial charge < -0.3 is 19.9 Å². The van der Waals surface area contributed by atoms with Crippen molar-refractivity contribution in [1.82, 2.24) is 0 Å². The zero-order chi connectivity index (χ0) is 14.1. The van der Waals surface area contributed by atoms with E-state index in [4.69, 9.17) is 31.5 Å². The molecule has 0 amide bonds. The quantitative estimate of drug-likeness (QED) is 0.450. The highest BCUT2D eigenvalue weighted by Gasteiger charge is 2.12. The third kappa shape index (κ3) is 5.46. The van der Waals surface area contributed by atoms with Crippen molar-refractivity contribution in [2.24, 2.45) is 0 Å². The molecule has 0 unspecified atom stereocenters. The Hall–Kier alpha value is -1.30. The number of nitrogen functional groups attached to an aromatic ring is 1. The second kappa shape index (κ2) is 8.74. The van der Waals surface area contributed by atoms with Crippen LogP contribution in [0.15, 0.2) is 18.2 Å². The molecule has 0 heterocycles. The number of ether oxygens (including phenoxy) is 3. The van der Waals surface area contributed by atoms with Gasteiger partial charge in [0.15, 0.2) is 0 Å². The van der Waals surface area contributed by atoms with E-state index in [1.807, 2.05) is 0 Å². The minimum absolute atomic E-state index is 0.178. The fourth-order valence-electron chi connectivity index (χ4n) is 1.39. The molecule has 0 aromatic heterocycles. The standard InChI is InChI=1S/C13H18ClNO4/c1-17-6-3-7-18-8-9-19-13(16)10-4-2-5-11(14)12(10)15/h2,4-5H,3,6-9,15H2,1H3. The van der Waals surface area contributed by atoms with Crippen molar-refractivity contribution in [3.8, 4) is 0 Å². The van der Waals surface area contributed by atoms with E-state index in [0.717, 1.165) is 6.42 Å². The largest absolute Gasteiger partial charge is 0.460 e. The van der Waals surface area contributed by atoms with E-state index in [1.54, 1.807) is 25.3 Å². The lowest BCUT2D eigenvalue weighted by atomic mass is 10.2. The van der Waals surface area contributed by atoms with Crippen LogP contribution >= 0.6 is 11.6 Å². The van der Waals surface area contributed by atoms with Crippen LogP contribution in [0.5, 0.6) is 0 Å². The molecule has 106 valence electrons. The van der Waals surface area contributed by atoms with Crippen LogP contribution < -0.4 is 5.73 Å². The minimum Gasteiger partial charge on any atom is -0.460 e. The predicted octanol–water partition coefficient (Wildman–Crippen LogP) is 2.13. The second-order valence-corrected chi connectivity index (χ2v) is 4.20. The molecule has 0 spiro atoms. The molecule has 0 saturated carbocycles. The zero-order valence-corrected chi connectivity index (χ0v) is 11.6. The summed E-state index contributed by atoms with van der Waals surface area (Å²) in [6.45, 7) is 1.75. The van der Waals surface area contributed by atoms with Crippen LogP contribution in [0, 0.1) is 0 Å². The summed E-state index contributed by atoms with van der Waals surface area (Å²) < 4.78 is 15.2. The van der Waals surface area contributed by atoms with Crippen molar-refractivity contribution < 1.29 is 19.0 Å². The van der Waals surface area contributed by atoms with Gasteiger partial charge in [0.2, 0.25) is 0 Å². The number of benzene rings is 1. The first-order valence-electron chi connectivity index (χ1n) is 5.94. The monoisotopic (exact) mass is 287 g/mol. The van der Waals surface area contributed by atoms with Gasteiger partial charge in [-0.05, 0) is 18.6 Å². The molecule has 6 heteroatoms. The fraction of sp³-hybridized carbons (Fsp3) is 0.462. The molecule has 0 radical (unpaired) electrons. The maximum atomic E-state index is 11.7. The van der Waals surface area contributed by atoms with Crippen LogP contribution in [-0.2, 0) is 14.2 Å². The van der Waals surface area contributed by atoms with Gasteiger partial charge in [-0.1, -0.05) is 17.7 Å². The van der Waals surface area contributed by atoms with E-state index in [-0.39, 0.29) is 17.9 Å². The molecule has 0 aliphatic carbocycles. The number of hydrogen-bond acceptors (Lipinski definition) is 5. The average Bonchev–Trinajstić information content (AvgIpc) is 2.40. The molecule has 1 rings (SSSR count). The summed E-state index contributed by atoms with van der Waals surface area (Å²) in [6, 6.07) is 4.84. The Balaban J connectivity index is 2.26. The highest BCUT2D eigenvalue weighted by molar-refractivity contribution is 6.33. The maximum absolute atomic E-state index is 11.7. The first kappa shape index (κ1) is 15.8. The topological polar surface area (TPSA) is 70.8 Å². The molecule has 0 saturated heterocycles. The third-order valence-corrected chi connectivity index (χ3v) is 2.70. The molecule has 0 bridgehead atoms. The second-order valence-electron chi connectivity index (χ2n) is 3.80. The average molecular weight is 288 g/mol. The van der Waals surface area contributed by atoms with Crippen molar-refractivity contribution in [1.29, 1.82) is 0 Å². The van der Waals surface area contributed by atoms with Crippen molar-refractivity contribution in [2.45, 2.75) is 6.42 Å². The summed E-state index contributed by atoms with van der Waals surface area (Å²) in [5.41, 5.74) is 6.19. The molecule has 1 aromatic carbocycles. The van der Waals surface area contributed by atoms with E-state index in [1.165, 1.54) is 0 Å². The van der Waals surface area contributed by atoms with Crippen LogP contribution in [0.1, 0.15) is 16.8 Å². The molecule has 5 nitrogen and oxygen atoms in total. The first-order valence-corrected chi connectivity index (χ1v) is 6.32. The van der Waals surface area contributed by atoms with Gasteiger partial charge in [-0.25, -0.2) is 4.79 Å². The third-order valence-electron chi connectivity index (χ3n) is 2.37. The van der Waals surface area contributed by atoms with Gasteiger partial charge in [-0.3, -0.25) is 0 Å². The summed E-state index contributed by atoms with van der Waals surface area (Å²) >= 11 is 5.82. The molecule has 0 aliphatic heterocycles. The lowest BCUT2D eigenvalue weighted by Crippen LogP contribution is -2.13. The number of hydrogen-bond donors (Lipinski definition) is 1. The number of halogens is 1. The summed E-state index contributed by atoms with van der Waals surface area (Å²) in [5.74, 6) is -0.500. The van der Waals surface area contributed by atoms with Gasteiger partial charge in [-0.15, -0.1) is 0 Å². The van der Waals surface area contributed by atoms with Gasteiger partial charge in [0.1, 0.15) is 6.61 Å². The Kier molecular flexibility index (Phi) is 7.25. The van der Waals surface area contributed by atoms with Gasteiger partial charge >= 0.3 is 5.97 Å². The lowest BCUT2D eigenvalue weighted by molar-refractivity contribution is 0.0289. The van der Waals surface area contributed by atoms with E-state index in [2.05, 4.69) is 0 Å². The number of rotatable bonds is 8. The smallest absolute Gasteiger partial charge is 0.340 e. The van der Waals surface area contributed by atoms with E-state index < -0.39 is 5.97 Å². The SMILES string of the molecule is COCCCOCCOC(=O)c1cccc(Cl)c1N. The Morgan fingerprint density at radius 2 is 2.05 bits per heavy atom. The van der Waals surface area contributed by atoms with Crippen LogP contribution in [0.25, 0.3) is 0 Å². The molecule has 1 aromatic rings. The van der Waals surface area contributed by atoms with Crippen molar-refractivity contribution in [3.05, 3.63) is 28.8 Å². The first-order chi connectivity index (χ1) is 9.16. The molecule has 19 heavy (non-hydrogen) atoms. The number of carbonyl (C=O) groups is 1. The highest BCUT2D eigenvalue weighted by Crippen LogP contribution is 2.22. The molecular formula is C13H18ClNO4. The Bertz CT molecular complexity index is 412. The Labute approximate surface area is 117 Å². The van der Waals surface area contributed by atoms with Crippen LogP contribution in [0.3, 0.4) is 0 Å². The van der Waals surface area contributed by atoms with Crippen molar-refractivity contribution in [3.63, 3.8) is 0 Å². The summed E-state index contributed by atoms with van der Waals surface area (Å²) in [5, 5.41) is 0.338. The number of carbonyl (C=O) groups excluding carboxylic acids is 1. The summed E-state index contributed by atoms with van der Waals surface area (Å²) in [4.78, 5) is 11.7. The van der Waals surface area contributed by atoms with Crippen LogP contribution in [-0.4, -0.2) is 39.5 Å². The van der Waals surface area contributed by atoms with Gasteiger partial charge in [-0.2, -0.15) is 0 Å². The Morgan fingerprint density at radius 1 is 1.26 bits per heavy atom. The number of para-hydroxylation sites is 1. The number of anilines is 1. The normalized spacial score (nSPS) is 10.4.